The largest absolute Gasteiger partial charge is 0.350 e. The van der Waals surface area contributed by atoms with Crippen molar-refractivity contribution in [2.24, 2.45) is 0 Å². The summed E-state index contributed by atoms with van der Waals surface area (Å²) in [4.78, 5) is 24.8. The topological polar surface area (TPSA) is 75.5 Å². The first-order valence-electron chi connectivity index (χ1n) is 7.75. The van der Waals surface area contributed by atoms with E-state index < -0.39 is 4.92 Å². The van der Waals surface area contributed by atoms with Gasteiger partial charge in [-0.25, -0.2) is 4.39 Å². The van der Waals surface area contributed by atoms with E-state index in [1.54, 1.807) is 25.1 Å². The third kappa shape index (κ3) is 4.39. The molecular formula is C18H20FN3O3. The minimum Gasteiger partial charge on any atom is -0.350 e. The van der Waals surface area contributed by atoms with E-state index in [4.69, 9.17) is 0 Å². The fourth-order valence-corrected chi connectivity index (χ4v) is 2.64. The van der Waals surface area contributed by atoms with Crippen molar-refractivity contribution in [3.8, 4) is 0 Å². The number of nitro benzene ring substituents is 1. The standard InChI is InChI=1S/C18H20FN3O3/c1-12-15(5-4-6-16(12)22(24)25)18(23)20-11-17(21(2)3)13-7-9-14(19)10-8-13/h4-10,17H,11H2,1-3H3,(H,20,23)/t17-/m0/s1. The fourth-order valence-electron chi connectivity index (χ4n) is 2.64. The lowest BCUT2D eigenvalue weighted by Gasteiger charge is -2.25. The van der Waals surface area contributed by atoms with Crippen LogP contribution in [0.2, 0.25) is 0 Å². The maximum Gasteiger partial charge on any atom is 0.273 e. The molecule has 0 radical (unpaired) electrons. The Morgan fingerprint density at radius 2 is 1.88 bits per heavy atom. The third-order valence-electron chi connectivity index (χ3n) is 4.08. The maximum absolute atomic E-state index is 13.1. The van der Waals surface area contributed by atoms with Crippen LogP contribution in [0.5, 0.6) is 0 Å². The monoisotopic (exact) mass is 345 g/mol. The molecule has 0 aliphatic carbocycles. The lowest BCUT2D eigenvalue weighted by atomic mass is 10.0. The van der Waals surface area contributed by atoms with Crippen LogP contribution >= 0.6 is 0 Å². The zero-order chi connectivity index (χ0) is 18.6. The maximum atomic E-state index is 13.1. The van der Waals surface area contributed by atoms with Crippen LogP contribution in [0.1, 0.15) is 27.5 Å². The average molecular weight is 345 g/mol. The van der Waals surface area contributed by atoms with Crippen molar-refractivity contribution in [2.45, 2.75) is 13.0 Å². The lowest BCUT2D eigenvalue weighted by molar-refractivity contribution is -0.385. The van der Waals surface area contributed by atoms with Gasteiger partial charge in [-0.3, -0.25) is 14.9 Å². The van der Waals surface area contributed by atoms with E-state index in [0.717, 1.165) is 5.56 Å². The Hall–Kier alpha value is -2.80. The van der Waals surface area contributed by atoms with Gasteiger partial charge < -0.3 is 10.2 Å². The fraction of sp³-hybridized carbons (Fsp3) is 0.278. The second-order valence-electron chi connectivity index (χ2n) is 5.95. The van der Waals surface area contributed by atoms with Gasteiger partial charge in [0.15, 0.2) is 0 Å². The van der Waals surface area contributed by atoms with Gasteiger partial charge in [0.2, 0.25) is 0 Å². The Morgan fingerprint density at radius 3 is 2.44 bits per heavy atom. The molecule has 1 amide bonds. The van der Waals surface area contributed by atoms with E-state index in [1.165, 1.54) is 24.3 Å². The number of benzene rings is 2. The van der Waals surface area contributed by atoms with Crippen molar-refractivity contribution in [3.63, 3.8) is 0 Å². The molecular weight excluding hydrogens is 325 g/mol. The summed E-state index contributed by atoms with van der Waals surface area (Å²) in [5, 5.41) is 13.8. The number of nitrogens with one attached hydrogen (secondary N) is 1. The van der Waals surface area contributed by atoms with Crippen LogP contribution in [-0.4, -0.2) is 36.4 Å². The molecule has 0 aromatic heterocycles. The van der Waals surface area contributed by atoms with Crippen LogP contribution in [0.25, 0.3) is 0 Å². The first kappa shape index (κ1) is 18.5. The number of hydrogen-bond donors (Lipinski definition) is 1. The first-order valence-corrected chi connectivity index (χ1v) is 7.75. The minimum atomic E-state index is -0.507. The number of carbonyl (C=O) groups is 1. The Balaban J connectivity index is 2.16. The van der Waals surface area contributed by atoms with Gasteiger partial charge in [-0.1, -0.05) is 18.2 Å². The molecule has 0 spiro atoms. The van der Waals surface area contributed by atoms with E-state index in [0.29, 0.717) is 12.1 Å². The smallest absolute Gasteiger partial charge is 0.273 e. The molecule has 0 fully saturated rings. The summed E-state index contributed by atoms with van der Waals surface area (Å²) in [5.74, 6) is -0.701. The number of hydrogen-bond acceptors (Lipinski definition) is 4. The zero-order valence-corrected chi connectivity index (χ0v) is 14.3. The minimum absolute atomic E-state index is 0.0876. The van der Waals surface area contributed by atoms with Gasteiger partial charge in [-0.2, -0.15) is 0 Å². The molecule has 0 heterocycles. The average Bonchev–Trinajstić information content (AvgIpc) is 2.56. The van der Waals surface area contributed by atoms with Crippen molar-refractivity contribution < 1.29 is 14.1 Å². The highest BCUT2D eigenvalue weighted by Crippen LogP contribution is 2.22. The van der Waals surface area contributed by atoms with Crippen LogP contribution in [-0.2, 0) is 0 Å². The van der Waals surface area contributed by atoms with Crippen molar-refractivity contribution in [2.75, 3.05) is 20.6 Å². The number of halogens is 1. The predicted molar refractivity (Wildman–Crippen MR) is 93.0 cm³/mol. The molecule has 0 saturated heterocycles. The number of rotatable bonds is 6. The number of nitrogens with zero attached hydrogens (tertiary/aromatic N) is 2. The number of likely N-dealkylation sites (N-methyl/N-ethyl adjacent to an activating group) is 1. The molecule has 2 aromatic rings. The lowest BCUT2D eigenvalue weighted by Crippen LogP contribution is -2.34. The van der Waals surface area contributed by atoms with Crippen LogP contribution in [0.3, 0.4) is 0 Å². The molecule has 0 saturated carbocycles. The summed E-state index contributed by atoms with van der Waals surface area (Å²) in [5.41, 5.74) is 1.37. The molecule has 7 heteroatoms. The highest BCUT2D eigenvalue weighted by atomic mass is 19.1. The zero-order valence-electron chi connectivity index (χ0n) is 14.3. The third-order valence-corrected chi connectivity index (χ3v) is 4.08. The van der Waals surface area contributed by atoms with Crippen LogP contribution < -0.4 is 5.32 Å². The number of carbonyl (C=O) groups excluding carboxylic acids is 1. The Morgan fingerprint density at radius 1 is 1.24 bits per heavy atom. The predicted octanol–water partition coefficient (Wildman–Crippen LogP) is 3.08. The molecule has 0 aliphatic heterocycles. The molecule has 1 N–H and O–H groups in total. The Labute approximate surface area is 145 Å². The second kappa shape index (κ2) is 7.85. The molecule has 132 valence electrons. The number of nitro groups is 1. The molecule has 0 bridgehead atoms. The molecule has 1 atom stereocenters. The highest BCUT2D eigenvalue weighted by Gasteiger charge is 2.20. The molecule has 0 unspecified atom stereocenters. The van der Waals surface area contributed by atoms with E-state index in [9.17, 15) is 19.3 Å². The van der Waals surface area contributed by atoms with E-state index in [-0.39, 0.29) is 29.0 Å². The Kier molecular flexibility index (Phi) is 5.82. The normalized spacial score (nSPS) is 12.0. The molecule has 6 nitrogen and oxygen atoms in total. The second-order valence-corrected chi connectivity index (χ2v) is 5.95. The van der Waals surface area contributed by atoms with Crippen molar-refractivity contribution in [1.82, 2.24) is 10.2 Å². The summed E-state index contributed by atoms with van der Waals surface area (Å²) in [6.07, 6.45) is 0. The van der Waals surface area contributed by atoms with E-state index in [2.05, 4.69) is 5.32 Å². The van der Waals surface area contributed by atoms with Crippen LogP contribution in [0.15, 0.2) is 42.5 Å². The van der Waals surface area contributed by atoms with Gasteiger partial charge in [0.25, 0.3) is 11.6 Å². The molecule has 2 rings (SSSR count). The summed E-state index contributed by atoms with van der Waals surface area (Å²) in [6, 6.07) is 10.4. The highest BCUT2D eigenvalue weighted by molar-refractivity contribution is 5.96. The van der Waals surface area contributed by atoms with E-state index >= 15 is 0 Å². The Bertz CT molecular complexity index is 776. The van der Waals surface area contributed by atoms with Gasteiger partial charge >= 0.3 is 0 Å². The first-order chi connectivity index (χ1) is 11.8. The van der Waals surface area contributed by atoms with E-state index in [1.807, 2.05) is 19.0 Å². The van der Waals surface area contributed by atoms with Crippen LogP contribution in [0.4, 0.5) is 10.1 Å². The van der Waals surface area contributed by atoms with Gasteiger partial charge in [-0.05, 0) is 44.8 Å². The van der Waals surface area contributed by atoms with Gasteiger partial charge in [0.1, 0.15) is 5.82 Å². The van der Waals surface area contributed by atoms with Gasteiger partial charge in [-0.15, -0.1) is 0 Å². The summed E-state index contributed by atoms with van der Waals surface area (Å²) in [7, 11) is 3.72. The molecule has 2 aromatic carbocycles. The van der Waals surface area contributed by atoms with Crippen molar-refractivity contribution in [3.05, 3.63) is 75.1 Å². The summed E-state index contributed by atoms with van der Waals surface area (Å²) >= 11 is 0. The quantitative estimate of drug-likeness (QED) is 0.645. The van der Waals surface area contributed by atoms with Crippen molar-refractivity contribution in [1.29, 1.82) is 0 Å². The molecule has 0 aliphatic rings. The summed E-state index contributed by atoms with van der Waals surface area (Å²) in [6.45, 7) is 1.84. The summed E-state index contributed by atoms with van der Waals surface area (Å²) < 4.78 is 13.1. The van der Waals surface area contributed by atoms with Crippen LogP contribution in [0, 0.1) is 22.9 Å². The van der Waals surface area contributed by atoms with Gasteiger partial charge in [0.05, 0.1) is 11.0 Å². The SMILES string of the molecule is Cc1c(C(=O)NC[C@@H](c2ccc(F)cc2)N(C)C)cccc1[N+](=O)[O-]. The van der Waals surface area contributed by atoms with Crippen molar-refractivity contribution >= 4 is 11.6 Å². The van der Waals surface area contributed by atoms with Gasteiger partial charge in [0, 0.05) is 23.7 Å². The number of amides is 1. The molecule has 25 heavy (non-hydrogen) atoms.